The Balaban J connectivity index is 2.06. The van der Waals surface area contributed by atoms with Crippen LogP contribution in [0.1, 0.15) is 10.4 Å². The second-order valence-corrected chi connectivity index (χ2v) is 4.68. The SMILES string of the molecule is COc1ccc(F)cc1C(=O)CN1CCOC(CO)C1. The van der Waals surface area contributed by atoms with E-state index in [1.54, 1.807) is 0 Å². The van der Waals surface area contributed by atoms with Gasteiger partial charge in [0.2, 0.25) is 0 Å². The van der Waals surface area contributed by atoms with Gasteiger partial charge in [0, 0.05) is 13.1 Å². The monoisotopic (exact) mass is 283 g/mol. The zero-order chi connectivity index (χ0) is 14.5. The quantitative estimate of drug-likeness (QED) is 0.807. The van der Waals surface area contributed by atoms with Crippen molar-refractivity contribution in [2.24, 2.45) is 0 Å². The van der Waals surface area contributed by atoms with Gasteiger partial charge in [-0.2, -0.15) is 0 Å². The number of rotatable bonds is 5. The van der Waals surface area contributed by atoms with Crippen molar-refractivity contribution in [2.75, 3.05) is 40.0 Å². The maximum Gasteiger partial charge on any atom is 0.180 e. The maximum atomic E-state index is 13.3. The summed E-state index contributed by atoms with van der Waals surface area (Å²) in [6.07, 6.45) is -0.272. The van der Waals surface area contributed by atoms with Gasteiger partial charge in [-0.1, -0.05) is 0 Å². The molecule has 1 aliphatic rings. The summed E-state index contributed by atoms with van der Waals surface area (Å²) in [5.74, 6) is -0.312. The van der Waals surface area contributed by atoms with E-state index in [1.807, 2.05) is 4.90 Å². The second-order valence-electron chi connectivity index (χ2n) is 4.68. The lowest BCUT2D eigenvalue weighted by Crippen LogP contribution is -2.46. The van der Waals surface area contributed by atoms with Crippen LogP contribution in [0.3, 0.4) is 0 Å². The number of carbonyl (C=O) groups is 1. The Kier molecular flexibility index (Phi) is 5.05. The molecular formula is C14H18FNO4. The molecule has 1 saturated heterocycles. The van der Waals surface area contributed by atoms with E-state index in [0.29, 0.717) is 25.4 Å². The summed E-state index contributed by atoms with van der Waals surface area (Å²) in [5.41, 5.74) is 0.236. The fourth-order valence-electron chi connectivity index (χ4n) is 2.22. The molecule has 0 aliphatic carbocycles. The van der Waals surface area contributed by atoms with Crippen molar-refractivity contribution in [1.29, 1.82) is 0 Å². The topological polar surface area (TPSA) is 59.0 Å². The van der Waals surface area contributed by atoms with Crippen LogP contribution in [0.15, 0.2) is 18.2 Å². The molecule has 1 heterocycles. The van der Waals surface area contributed by atoms with Gasteiger partial charge in [0.1, 0.15) is 11.6 Å². The summed E-state index contributed by atoms with van der Waals surface area (Å²) in [6, 6.07) is 3.88. The van der Waals surface area contributed by atoms with E-state index in [4.69, 9.17) is 14.6 Å². The zero-order valence-electron chi connectivity index (χ0n) is 11.3. The summed E-state index contributed by atoms with van der Waals surface area (Å²) in [6.45, 7) is 1.65. The van der Waals surface area contributed by atoms with Crippen LogP contribution in [0.25, 0.3) is 0 Å². The number of aliphatic hydroxyl groups is 1. The highest BCUT2D eigenvalue weighted by atomic mass is 19.1. The van der Waals surface area contributed by atoms with E-state index >= 15 is 0 Å². The first-order valence-electron chi connectivity index (χ1n) is 6.45. The normalized spacial score (nSPS) is 19.9. The summed E-state index contributed by atoms with van der Waals surface area (Å²) in [5, 5.41) is 9.07. The molecular weight excluding hydrogens is 265 g/mol. The van der Waals surface area contributed by atoms with Gasteiger partial charge in [-0.15, -0.1) is 0 Å². The van der Waals surface area contributed by atoms with Crippen molar-refractivity contribution < 1.29 is 23.8 Å². The smallest absolute Gasteiger partial charge is 0.180 e. The molecule has 1 fully saturated rings. The minimum absolute atomic E-state index is 0.0754. The Labute approximate surface area is 116 Å². The lowest BCUT2D eigenvalue weighted by molar-refractivity contribution is -0.0503. The molecule has 6 heteroatoms. The standard InChI is InChI=1S/C14H18FNO4/c1-19-14-3-2-10(15)6-12(14)13(18)8-16-4-5-20-11(7-16)9-17/h2-3,6,11,17H,4-5,7-9H2,1H3. The van der Waals surface area contributed by atoms with E-state index in [1.165, 1.54) is 25.3 Å². The van der Waals surface area contributed by atoms with Gasteiger partial charge < -0.3 is 14.6 Å². The molecule has 1 aromatic rings. The summed E-state index contributed by atoms with van der Waals surface area (Å²) in [4.78, 5) is 14.1. The third kappa shape index (κ3) is 3.53. The molecule has 20 heavy (non-hydrogen) atoms. The molecule has 0 saturated carbocycles. The van der Waals surface area contributed by atoms with Gasteiger partial charge in [-0.05, 0) is 18.2 Å². The molecule has 110 valence electrons. The highest BCUT2D eigenvalue weighted by Crippen LogP contribution is 2.20. The van der Waals surface area contributed by atoms with Crippen LogP contribution < -0.4 is 4.74 Å². The number of carbonyl (C=O) groups excluding carboxylic acids is 1. The van der Waals surface area contributed by atoms with Crippen LogP contribution in [0.5, 0.6) is 5.75 Å². The fraction of sp³-hybridized carbons (Fsp3) is 0.500. The predicted octanol–water partition coefficient (Wildman–Crippen LogP) is 0.710. The Morgan fingerprint density at radius 2 is 2.40 bits per heavy atom. The molecule has 0 aromatic heterocycles. The first kappa shape index (κ1) is 14.9. The van der Waals surface area contributed by atoms with E-state index in [2.05, 4.69) is 0 Å². The van der Waals surface area contributed by atoms with Gasteiger partial charge in [0.15, 0.2) is 5.78 Å². The molecule has 1 N–H and O–H groups in total. The number of benzene rings is 1. The van der Waals surface area contributed by atoms with Gasteiger partial charge in [0.05, 0.1) is 38.5 Å². The van der Waals surface area contributed by atoms with Gasteiger partial charge in [-0.25, -0.2) is 4.39 Å². The number of ether oxygens (including phenoxy) is 2. The van der Waals surface area contributed by atoms with Gasteiger partial charge in [-0.3, -0.25) is 9.69 Å². The van der Waals surface area contributed by atoms with Crippen LogP contribution in [0, 0.1) is 5.82 Å². The number of hydrogen-bond donors (Lipinski definition) is 1. The highest BCUT2D eigenvalue weighted by Gasteiger charge is 2.23. The van der Waals surface area contributed by atoms with Gasteiger partial charge >= 0.3 is 0 Å². The van der Waals surface area contributed by atoms with E-state index < -0.39 is 5.82 Å². The van der Waals surface area contributed by atoms with Crippen molar-refractivity contribution in [3.8, 4) is 5.75 Å². The summed E-state index contributed by atoms with van der Waals surface area (Å²) < 4.78 is 23.7. The molecule has 1 unspecified atom stereocenters. The zero-order valence-corrected chi connectivity index (χ0v) is 11.3. The van der Waals surface area contributed by atoms with E-state index in [-0.39, 0.29) is 30.6 Å². The third-order valence-electron chi connectivity index (χ3n) is 3.26. The molecule has 1 atom stereocenters. The summed E-state index contributed by atoms with van der Waals surface area (Å²) in [7, 11) is 1.44. The summed E-state index contributed by atoms with van der Waals surface area (Å²) >= 11 is 0. The average Bonchev–Trinajstić information content (AvgIpc) is 2.47. The number of ketones is 1. The Morgan fingerprint density at radius 3 is 3.10 bits per heavy atom. The highest BCUT2D eigenvalue weighted by molar-refractivity contribution is 6.00. The van der Waals surface area contributed by atoms with Crippen LogP contribution in [0.2, 0.25) is 0 Å². The lowest BCUT2D eigenvalue weighted by atomic mass is 10.1. The number of hydrogen-bond acceptors (Lipinski definition) is 5. The largest absolute Gasteiger partial charge is 0.496 e. The maximum absolute atomic E-state index is 13.3. The molecule has 0 bridgehead atoms. The van der Waals surface area contributed by atoms with Crippen molar-refractivity contribution in [2.45, 2.75) is 6.10 Å². The minimum atomic E-state index is -0.468. The molecule has 5 nitrogen and oxygen atoms in total. The Morgan fingerprint density at radius 1 is 1.60 bits per heavy atom. The second kappa shape index (κ2) is 6.78. The predicted molar refractivity (Wildman–Crippen MR) is 70.5 cm³/mol. The molecule has 0 radical (unpaired) electrons. The first-order chi connectivity index (χ1) is 9.63. The number of Topliss-reactive ketones (excluding diaryl/α,β-unsaturated/α-hetero) is 1. The molecule has 1 aromatic carbocycles. The molecule has 1 aliphatic heterocycles. The number of aliphatic hydroxyl groups excluding tert-OH is 1. The Hall–Kier alpha value is -1.50. The van der Waals surface area contributed by atoms with Crippen LogP contribution in [-0.4, -0.2) is 61.9 Å². The van der Waals surface area contributed by atoms with Crippen molar-refractivity contribution in [3.05, 3.63) is 29.6 Å². The first-order valence-corrected chi connectivity index (χ1v) is 6.45. The van der Waals surface area contributed by atoms with Crippen LogP contribution in [-0.2, 0) is 4.74 Å². The number of halogens is 1. The van der Waals surface area contributed by atoms with E-state index in [0.717, 1.165) is 0 Å². The minimum Gasteiger partial charge on any atom is -0.496 e. The van der Waals surface area contributed by atoms with Crippen molar-refractivity contribution in [1.82, 2.24) is 4.90 Å². The van der Waals surface area contributed by atoms with Crippen LogP contribution >= 0.6 is 0 Å². The molecule has 0 amide bonds. The average molecular weight is 283 g/mol. The van der Waals surface area contributed by atoms with Crippen LogP contribution in [0.4, 0.5) is 4.39 Å². The van der Waals surface area contributed by atoms with Gasteiger partial charge in [0.25, 0.3) is 0 Å². The number of morpholine rings is 1. The third-order valence-corrected chi connectivity index (χ3v) is 3.26. The van der Waals surface area contributed by atoms with Crippen molar-refractivity contribution >= 4 is 5.78 Å². The lowest BCUT2D eigenvalue weighted by Gasteiger charge is -2.31. The number of nitrogens with zero attached hydrogens (tertiary/aromatic N) is 1. The van der Waals surface area contributed by atoms with Crippen molar-refractivity contribution in [3.63, 3.8) is 0 Å². The Bertz CT molecular complexity index is 480. The molecule has 0 spiro atoms. The fourth-order valence-corrected chi connectivity index (χ4v) is 2.22. The number of methoxy groups -OCH3 is 1. The molecule has 2 rings (SSSR count). The van der Waals surface area contributed by atoms with E-state index in [9.17, 15) is 9.18 Å².